The Morgan fingerprint density at radius 2 is 1.87 bits per heavy atom. The summed E-state index contributed by atoms with van der Waals surface area (Å²) in [4.78, 5) is 2.53. The van der Waals surface area contributed by atoms with E-state index in [2.05, 4.69) is 10.2 Å². The Kier molecular flexibility index (Phi) is 4.38. The van der Waals surface area contributed by atoms with Crippen molar-refractivity contribution in [1.82, 2.24) is 10.2 Å². The van der Waals surface area contributed by atoms with Gasteiger partial charge in [0.2, 0.25) is 0 Å². The van der Waals surface area contributed by atoms with Crippen molar-refractivity contribution in [2.45, 2.75) is 0 Å². The van der Waals surface area contributed by atoms with E-state index in [1.54, 1.807) is 7.11 Å². The van der Waals surface area contributed by atoms with E-state index in [1.807, 2.05) is 0 Å². The lowest BCUT2D eigenvalue weighted by atomic mass is 10.0. The van der Waals surface area contributed by atoms with E-state index < -0.39 is 0 Å². The summed E-state index contributed by atoms with van der Waals surface area (Å²) in [5.74, 6) is 1.79. The second kappa shape index (κ2) is 5.80. The van der Waals surface area contributed by atoms with E-state index in [9.17, 15) is 0 Å². The van der Waals surface area contributed by atoms with Gasteiger partial charge in [0.15, 0.2) is 0 Å². The van der Waals surface area contributed by atoms with E-state index in [0.717, 1.165) is 31.6 Å². The maximum absolute atomic E-state index is 5.48. The number of likely N-dealkylation sites (tertiary alicyclic amines) is 1. The first-order valence-corrected chi connectivity index (χ1v) is 5.90. The predicted molar refractivity (Wildman–Crippen MR) is 59.0 cm³/mol. The average molecular weight is 214 g/mol. The fraction of sp³-hybridized carbons (Fsp3) is 1.00. The zero-order chi connectivity index (χ0) is 10.5. The van der Waals surface area contributed by atoms with Gasteiger partial charge < -0.3 is 19.7 Å². The van der Waals surface area contributed by atoms with Crippen LogP contribution >= 0.6 is 0 Å². The summed E-state index contributed by atoms with van der Waals surface area (Å²) < 4.78 is 10.4. The van der Waals surface area contributed by atoms with Crippen LogP contribution in [0.2, 0.25) is 0 Å². The van der Waals surface area contributed by atoms with Crippen LogP contribution in [0.5, 0.6) is 0 Å². The molecule has 2 aliphatic rings. The van der Waals surface area contributed by atoms with Gasteiger partial charge in [-0.2, -0.15) is 0 Å². The molecular weight excluding hydrogens is 192 g/mol. The van der Waals surface area contributed by atoms with E-state index in [1.165, 1.54) is 26.2 Å². The van der Waals surface area contributed by atoms with Gasteiger partial charge in [-0.15, -0.1) is 0 Å². The van der Waals surface area contributed by atoms with Crippen molar-refractivity contribution in [3.63, 3.8) is 0 Å². The van der Waals surface area contributed by atoms with Gasteiger partial charge in [-0.1, -0.05) is 0 Å². The standard InChI is InChI=1S/C11H22N2O2/c1-14-4-5-15-3-2-13-8-10-6-12-7-11(10)9-13/h10-12H,2-9H2,1H3/t10-,11+. The molecule has 2 fully saturated rings. The number of rotatable bonds is 6. The first-order valence-electron chi connectivity index (χ1n) is 5.90. The fourth-order valence-electron chi connectivity index (χ4n) is 2.57. The van der Waals surface area contributed by atoms with Gasteiger partial charge in [0.05, 0.1) is 19.8 Å². The normalized spacial score (nSPS) is 31.0. The molecule has 0 aromatic rings. The number of hydrogen-bond donors (Lipinski definition) is 1. The van der Waals surface area contributed by atoms with E-state index >= 15 is 0 Å². The highest BCUT2D eigenvalue weighted by Crippen LogP contribution is 2.25. The Bertz CT molecular complexity index is 177. The summed E-state index contributed by atoms with van der Waals surface area (Å²) in [6.45, 7) is 8.29. The summed E-state index contributed by atoms with van der Waals surface area (Å²) in [6, 6.07) is 0. The van der Waals surface area contributed by atoms with Crippen molar-refractivity contribution in [3.8, 4) is 0 Å². The highest BCUT2D eigenvalue weighted by atomic mass is 16.5. The van der Waals surface area contributed by atoms with E-state index in [4.69, 9.17) is 9.47 Å². The molecule has 0 aromatic carbocycles. The molecule has 2 saturated heterocycles. The number of hydrogen-bond acceptors (Lipinski definition) is 4. The second-order valence-electron chi connectivity index (χ2n) is 4.54. The lowest BCUT2D eigenvalue weighted by molar-refractivity contribution is 0.0594. The minimum atomic E-state index is 0.704. The van der Waals surface area contributed by atoms with Crippen LogP contribution in [0.25, 0.3) is 0 Å². The summed E-state index contributed by atoms with van der Waals surface area (Å²) in [5, 5.41) is 3.45. The first-order chi connectivity index (χ1) is 7.40. The molecule has 4 nitrogen and oxygen atoms in total. The summed E-state index contributed by atoms with van der Waals surface area (Å²) in [7, 11) is 1.71. The van der Waals surface area contributed by atoms with Crippen LogP contribution in [0.15, 0.2) is 0 Å². The molecule has 2 heterocycles. The van der Waals surface area contributed by atoms with Gasteiger partial charge in [0.25, 0.3) is 0 Å². The molecule has 0 saturated carbocycles. The van der Waals surface area contributed by atoms with E-state index in [0.29, 0.717) is 6.61 Å². The maximum atomic E-state index is 5.48. The monoisotopic (exact) mass is 214 g/mol. The molecule has 2 atom stereocenters. The zero-order valence-electron chi connectivity index (χ0n) is 9.58. The van der Waals surface area contributed by atoms with Gasteiger partial charge in [-0.25, -0.2) is 0 Å². The van der Waals surface area contributed by atoms with Gasteiger partial charge in [-0.05, 0) is 24.9 Å². The SMILES string of the molecule is COCCOCCN1C[C@H]2CNC[C@H]2C1. The van der Waals surface area contributed by atoms with Gasteiger partial charge in [-0.3, -0.25) is 0 Å². The van der Waals surface area contributed by atoms with Crippen LogP contribution in [0.1, 0.15) is 0 Å². The Labute approximate surface area is 91.9 Å². The maximum Gasteiger partial charge on any atom is 0.0700 e. The minimum Gasteiger partial charge on any atom is -0.382 e. The van der Waals surface area contributed by atoms with Crippen LogP contribution in [-0.2, 0) is 9.47 Å². The van der Waals surface area contributed by atoms with Crippen LogP contribution in [0.4, 0.5) is 0 Å². The number of nitrogens with zero attached hydrogens (tertiary/aromatic N) is 1. The molecule has 0 spiro atoms. The lowest BCUT2D eigenvalue weighted by Gasteiger charge is -2.16. The first kappa shape index (κ1) is 11.3. The third kappa shape index (κ3) is 3.14. The third-order valence-electron chi connectivity index (χ3n) is 3.45. The Morgan fingerprint density at radius 1 is 1.13 bits per heavy atom. The van der Waals surface area contributed by atoms with Crippen molar-refractivity contribution in [1.29, 1.82) is 0 Å². The quantitative estimate of drug-likeness (QED) is 0.621. The van der Waals surface area contributed by atoms with Crippen LogP contribution in [0, 0.1) is 11.8 Å². The summed E-state index contributed by atoms with van der Waals surface area (Å²) in [6.07, 6.45) is 0. The third-order valence-corrected chi connectivity index (χ3v) is 3.45. The van der Waals surface area contributed by atoms with Gasteiger partial charge >= 0.3 is 0 Å². The average Bonchev–Trinajstić information content (AvgIpc) is 2.77. The minimum absolute atomic E-state index is 0.704. The molecular formula is C11H22N2O2. The number of fused-ring (bicyclic) bond motifs is 1. The van der Waals surface area contributed by atoms with Crippen molar-refractivity contribution in [2.75, 3.05) is 59.7 Å². The highest BCUT2D eigenvalue weighted by Gasteiger charge is 2.35. The molecule has 0 amide bonds. The predicted octanol–water partition coefficient (Wildman–Crippen LogP) is -0.199. The second-order valence-corrected chi connectivity index (χ2v) is 4.54. The Hall–Kier alpha value is -0.160. The number of nitrogens with one attached hydrogen (secondary N) is 1. The highest BCUT2D eigenvalue weighted by molar-refractivity contribution is 4.90. The molecule has 0 aliphatic carbocycles. The molecule has 1 N–H and O–H groups in total. The summed E-state index contributed by atoms with van der Waals surface area (Å²) >= 11 is 0. The largest absolute Gasteiger partial charge is 0.382 e. The molecule has 2 rings (SSSR count). The molecule has 0 unspecified atom stereocenters. The molecule has 4 heteroatoms. The lowest BCUT2D eigenvalue weighted by Crippen LogP contribution is -2.29. The summed E-state index contributed by atoms with van der Waals surface area (Å²) in [5.41, 5.74) is 0. The topological polar surface area (TPSA) is 33.7 Å². The van der Waals surface area contributed by atoms with Crippen LogP contribution in [-0.4, -0.2) is 64.6 Å². The Balaban J connectivity index is 1.53. The van der Waals surface area contributed by atoms with Crippen LogP contribution < -0.4 is 5.32 Å². The Morgan fingerprint density at radius 3 is 2.53 bits per heavy atom. The van der Waals surface area contributed by atoms with Crippen LogP contribution in [0.3, 0.4) is 0 Å². The molecule has 0 radical (unpaired) electrons. The smallest absolute Gasteiger partial charge is 0.0700 e. The van der Waals surface area contributed by atoms with Gasteiger partial charge in [0, 0.05) is 26.7 Å². The molecule has 88 valence electrons. The van der Waals surface area contributed by atoms with Crippen molar-refractivity contribution < 1.29 is 9.47 Å². The van der Waals surface area contributed by atoms with Gasteiger partial charge in [0.1, 0.15) is 0 Å². The molecule has 0 bridgehead atoms. The number of methoxy groups -OCH3 is 1. The van der Waals surface area contributed by atoms with Crippen molar-refractivity contribution >= 4 is 0 Å². The number of ether oxygens (including phenoxy) is 2. The molecule has 15 heavy (non-hydrogen) atoms. The fourth-order valence-corrected chi connectivity index (χ4v) is 2.57. The van der Waals surface area contributed by atoms with E-state index in [-0.39, 0.29) is 0 Å². The van der Waals surface area contributed by atoms with Crippen molar-refractivity contribution in [2.24, 2.45) is 11.8 Å². The van der Waals surface area contributed by atoms with Crippen molar-refractivity contribution in [3.05, 3.63) is 0 Å². The zero-order valence-corrected chi connectivity index (χ0v) is 9.58. The molecule has 0 aromatic heterocycles. The molecule has 2 aliphatic heterocycles.